The fraction of sp³-hybridized carbons (Fsp3) is 0.571. The number of aryl methyl sites for hydroxylation is 1. The molecule has 0 radical (unpaired) electrons. The number of carbonyl (C=O) groups excluding carboxylic acids is 1. The van der Waals surface area contributed by atoms with Gasteiger partial charge in [0, 0.05) is 18.3 Å². The molecule has 1 aromatic carbocycles. The van der Waals surface area contributed by atoms with Crippen LogP contribution in [0, 0.1) is 0 Å². The zero-order chi connectivity index (χ0) is 26.5. The van der Waals surface area contributed by atoms with E-state index in [-0.39, 0.29) is 34.2 Å². The van der Waals surface area contributed by atoms with Crippen molar-refractivity contribution in [2.75, 3.05) is 22.8 Å². The molecule has 2 heterocycles. The Kier molecular flexibility index (Phi) is 8.87. The number of ether oxygens (including phenoxy) is 1. The summed E-state index contributed by atoms with van der Waals surface area (Å²) in [5, 5.41) is 15.2. The molecule has 1 aliphatic heterocycles. The average Bonchev–Trinajstić information content (AvgIpc) is 3.30. The van der Waals surface area contributed by atoms with E-state index in [2.05, 4.69) is 25.3 Å². The highest BCUT2D eigenvalue weighted by Gasteiger charge is 2.46. The lowest BCUT2D eigenvalue weighted by Gasteiger charge is -2.39. The maximum atomic E-state index is 13.1. The summed E-state index contributed by atoms with van der Waals surface area (Å²) in [4.78, 5) is 14.0. The molecule has 3 rings (SSSR count). The molecule has 0 amide bonds. The number of halogens is 3. The van der Waals surface area contributed by atoms with Crippen LogP contribution in [-0.4, -0.2) is 49.3 Å². The van der Waals surface area contributed by atoms with Crippen molar-refractivity contribution in [3.8, 4) is 0 Å². The van der Waals surface area contributed by atoms with Crippen molar-refractivity contribution in [3.05, 3.63) is 22.7 Å². The molecule has 15 heteroatoms. The van der Waals surface area contributed by atoms with Gasteiger partial charge in [-0.25, -0.2) is 4.79 Å². The van der Waals surface area contributed by atoms with Crippen LogP contribution >= 0.6 is 11.3 Å². The predicted octanol–water partition coefficient (Wildman–Crippen LogP) is 5.72. The lowest BCUT2D eigenvalue weighted by atomic mass is 9.93. The summed E-state index contributed by atoms with van der Waals surface area (Å²) >= 11 is 0.789. The Hall–Kier alpha value is -2.81. The average molecular weight is 549 g/mol. The van der Waals surface area contributed by atoms with Crippen LogP contribution in [0.25, 0.3) is 0 Å². The van der Waals surface area contributed by atoms with Gasteiger partial charge in [0.1, 0.15) is 5.69 Å². The topological polar surface area (TPSA) is 126 Å². The Balaban J connectivity index is 2.01. The van der Waals surface area contributed by atoms with E-state index in [9.17, 15) is 26.4 Å². The number of alkyl halides is 3. The molecule has 0 saturated heterocycles. The second-order valence-electron chi connectivity index (χ2n) is 8.07. The van der Waals surface area contributed by atoms with Crippen LogP contribution in [0.3, 0.4) is 0 Å². The molecule has 36 heavy (non-hydrogen) atoms. The van der Waals surface area contributed by atoms with Gasteiger partial charge in [-0.2, -0.15) is 21.6 Å². The lowest BCUT2D eigenvalue weighted by Crippen LogP contribution is -2.39. The van der Waals surface area contributed by atoms with Gasteiger partial charge < -0.3 is 9.64 Å². The number of hydrogen-bond acceptors (Lipinski definition) is 10. The van der Waals surface area contributed by atoms with Gasteiger partial charge in [-0.1, -0.05) is 32.1 Å². The fourth-order valence-electron chi connectivity index (χ4n) is 3.79. The molecular weight excluding hydrogens is 521 g/mol. The van der Waals surface area contributed by atoms with Crippen LogP contribution < -0.4 is 9.62 Å². The number of rotatable bonds is 10. The third-order valence-electron chi connectivity index (χ3n) is 5.45. The molecule has 198 valence electrons. The summed E-state index contributed by atoms with van der Waals surface area (Å²) in [6.07, 6.45) is 3.76. The van der Waals surface area contributed by atoms with Crippen molar-refractivity contribution >= 4 is 49.5 Å². The molecule has 0 aliphatic carbocycles. The van der Waals surface area contributed by atoms with Crippen molar-refractivity contribution in [1.29, 1.82) is 0 Å². The van der Waals surface area contributed by atoms with Gasteiger partial charge in [0.25, 0.3) is 5.13 Å². The van der Waals surface area contributed by atoms with Crippen LogP contribution in [0.4, 0.5) is 35.4 Å². The molecular formula is C21H27F3N6O4S2. The van der Waals surface area contributed by atoms with Crippen molar-refractivity contribution < 1.29 is 31.1 Å². The first-order chi connectivity index (χ1) is 17.0. The van der Waals surface area contributed by atoms with Gasteiger partial charge in [-0.05, 0) is 49.8 Å². The molecule has 0 fully saturated rings. The maximum absolute atomic E-state index is 13.1. The fourth-order valence-corrected chi connectivity index (χ4v) is 4.92. The number of azo groups is 1. The largest absolute Gasteiger partial charge is 0.516 e. The number of sulfonamides is 1. The number of esters is 1. The van der Waals surface area contributed by atoms with E-state index in [4.69, 9.17) is 4.74 Å². The number of carbonyl (C=O) groups is 1. The molecule has 0 saturated carbocycles. The van der Waals surface area contributed by atoms with Crippen molar-refractivity contribution in [2.24, 2.45) is 10.2 Å². The van der Waals surface area contributed by atoms with Gasteiger partial charge >= 0.3 is 21.5 Å². The molecule has 0 spiro atoms. The monoisotopic (exact) mass is 548 g/mol. The van der Waals surface area contributed by atoms with E-state index in [1.165, 1.54) is 12.1 Å². The second kappa shape index (κ2) is 11.5. The second-order valence-corrected chi connectivity index (χ2v) is 10.7. The van der Waals surface area contributed by atoms with E-state index in [0.29, 0.717) is 25.1 Å². The first-order valence-corrected chi connectivity index (χ1v) is 13.8. The van der Waals surface area contributed by atoms with Crippen molar-refractivity contribution in [1.82, 2.24) is 10.2 Å². The third kappa shape index (κ3) is 6.30. The Labute approximate surface area is 211 Å². The van der Waals surface area contributed by atoms with Gasteiger partial charge in [0.2, 0.25) is 5.01 Å². The number of nitrogens with one attached hydrogen (secondary N) is 1. The lowest BCUT2D eigenvalue weighted by molar-refractivity contribution is -0.0429. The van der Waals surface area contributed by atoms with Crippen LogP contribution in [-0.2, 0) is 21.2 Å². The predicted molar refractivity (Wildman–Crippen MR) is 130 cm³/mol. The van der Waals surface area contributed by atoms with Crippen LogP contribution in [0.15, 0.2) is 22.4 Å². The normalized spacial score (nSPS) is 16.3. The number of hydrogen-bond donors (Lipinski definition) is 1. The Morgan fingerprint density at radius 3 is 2.61 bits per heavy atom. The maximum Gasteiger partial charge on any atom is 0.516 e. The van der Waals surface area contributed by atoms with Crippen LogP contribution in [0.5, 0.6) is 0 Å². The first-order valence-electron chi connectivity index (χ1n) is 11.5. The zero-order valence-corrected chi connectivity index (χ0v) is 21.6. The SMILES string of the molecule is CCCOC(=O)c1nnc(N=Nc2cc3c(cc2NS(=O)(=O)C(F)(F)F)N(CCC)C(CC)CC3)s1. The number of fused-ring (bicyclic) bond motifs is 1. The standard InChI is InChI=1S/C21H27F3N6O4S2/c1-4-9-30-14(6-3)8-7-13-11-15(16(12-17(13)30)29-36(32,33)21(22,23)24)25-27-20-28-26-18(35-20)19(31)34-10-5-2/h11-12,14,29H,4-10H2,1-3H3. The summed E-state index contributed by atoms with van der Waals surface area (Å²) in [6, 6.07) is 3.08. The highest BCUT2D eigenvalue weighted by atomic mass is 32.2. The molecule has 1 N–H and O–H groups in total. The highest BCUT2D eigenvalue weighted by Crippen LogP contribution is 2.41. The van der Waals surface area contributed by atoms with E-state index >= 15 is 0 Å². The molecule has 1 aromatic heterocycles. The molecule has 2 aromatic rings. The smallest absolute Gasteiger partial charge is 0.460 e. The van der Waals surface area contributed by atoms with Crippen molar-refractivity contribution in [2.45, 2.75) is 64.4 Å². The summed E-state index contributed by atoms with van der Waals surface area (Å²) in [7, 11) is -5.70. The van der Waals surface area contributed by atoms with Crippen LogP contribution in [0.2, 0.25) is 0 Å². The van der Waals surface area contributed by atoms with E-state index in [1.54, 1.807) is 4.72 Å². The van der Waals surface area contributed by atoms with E-state index < -0.39 is 21.5 Å². The number of anilines is 2. The van der Waals surface area contributed by atoms with Gasteiger partial charge in [-0.3, -0.25) is 4.72 Å². The summed E-state index contributed by atoms with van der Waals surface area (Å²) in [5.41, 5.74) is -4.51. The first kappa shape index (κ1) is 27.8. The molecule has 1 aliphatic rings. The summed E-state index contributed by atoms with van der Waals surface area (Å²) in [6.45, 7) is 6.73. The van der Waals surface area contributed by atoms with Crippen LogP contribution in [0.1, 0.15) is 61.8 Å². The number of aromatic nitrogens is 2. The Bertz CT molecular complexity index is 1220. The molecule has 10 nitrogen and oxygen atoms in total. The molecule has 1 unspecified atom stereocenters. The molecule has 0 bridgehead atoms. The minimum absolute atomic E-state index is 0.0422. The third-order valence-corrected chi connectivity index (χ3v) is 7.33. The minimum Gasteiger partial charge on any atom is -0.460 e. The van der Waals surface area contributed by atoms with E-state index in [1.807, 2.05) is 20.8 Å². The molecule has 1 atom stereocenters. The summed E-state index contributed by atoms with van der Waals surface area (Å²) in [5.74, 6) is -0.676. The zero-order valence-electron chi connectivity index (χ0n) is 20.0. The Morgan fingerprint density at radius 1 is 1.22 bits per heavy atom. The minimum atomic E-state index is -5.70. The highest BCUT2D eigenvalue weighted by molar-refractivity contribution is 7.93. The summed E-state index contributed by atoms with van der Waals surface area (Å²) < 4.78 is 69.9. The van der Waals surface area contributed by atoms with Crippen molar-refractivity contribution in [3.63, 3.8) is 0 Å². The number of benzene rings is 1. The van der Waals surface area contributed by atoms with E-state index in [0.717, 1.165) is 36.2 Å². The van der Waals surface area contributed by atoms with Gasteiger partial charge in [-0.15, -0.1) is 20.4 Å². The quantitative estimate of drug-likeness (QED) is 0.297. The number of nitrogens with zero attached hydrogens (tertiary/aromatic N) is 5. The van der Waals surface area contributed by atoms with Gasteiger partial charge in [0.15, 0.2) is 0 Å². The Morgan fingerprint density at radius 2 is 1.97 bits per heavy atom. The van der Waals surface area contributed by atoms with Gasteiger partial charge in [0.05, 0.1) is 12.3 Å².